The van der Waals surface area contributed by atoms with Crippen LogP contribution in [0.25, 0.3) is 0 Å². The Bertz CT molecular complexity index is 495. The maximum Gasteiger partial charge on any atom is 0.309 e. The van der Waals surface area contributed by atoms with Crippen LogP contribution in [0.3, 0.4) is 0 Å². The van der Waals surface area contributed by atoms with E-state index in [0.29, 0.717) is 5.02 Å². The summed E-state index contributed by atoms with van der Waals surface area (Å²) in [5.74, 6) is 0.0187. The third-order valence-electron chi connectivity index (χ3n) is 4.87. The quantitative estimate of drug-likeness (QED) is 0.474. The lowest BCUT2D eigenvalue weighted by Gasteiger charge is -2.29. The summed E-state index contributed by atoms with van der Waals surface area (Å²) in [4.78, 5) is 14.8. The second kappa shape index (κ2) is 10.0. The van der Waals surface area contributed by atoms with Gasteiger partial charge in [0, 0.05) is 5.02 Å². The number of benzene rings is 1. The van der Waals surface area contributed by atoms with Gasteiger partial charge in [0.05, 0.1) is 5.92 Å². The molecule has 1 saturated heterocycles. The Hall–Kier alpha value is -1.06. The van der Waals surface area contributed by atoms with Gasteiger partial charge in [-0.1, -0.05) is 49.9 Å². The highest BCUT2D eigenvalue weighted by atomic mass is 35.5. The van der Waals surface area contributed by atoms with E-state index in [2.05, 4.69) is 18.9 Å². The van der Waals surface area contributed by atoms with Crippen molar-refractivity contribution >= 4 is 17.6 Å². The first-order valence-electron chi connectivity index (χ1n) is 9.24. The minimum absolute atomic E-state index is 0.0291. The molecule has 3 nitrogen and oxygen atoms in total. The Morgan fingerprint density at radius 1 is 1.21 bits per heavy atom. The molecule has 1 aromatic carbocycles. The van der Waals surface area contributed by atoms with Crippen molar-refractivity contribution < 1.29 is 9.53 Å². The van der Waals surface area contributed by atoms with Gasteiger partial charge in [0.1, 0.15) is 6.10 Å². The van der Waals surface area contributed by atoms with E-state index in [1.165, 1.54) is 19.3 Å². The van der Waals surface area contributed by atoms with Crippen molar-refractivity contribution in [3.63, 3.8) is 0 Å². The van der Waals surface area contributed by atoms with Crippen molar-refractivity contribution in [2.24, 2.45) is 5.92 Å². The SMILES string of the molecule is CCCCCCC(OC(=O)C1CCN(C)CC1)c1ccc(Cl)cc1. The number of hydrogen-bond donors (Lipinski definition) is 0. The van der Waals surface area contributed by atoms with Crippen molar-refractivity contribution in [3.8, 4) is 0 Å². The molecule has 1 atom stereocenters. The van der Waals surface area contributed by atoms with Crippen LogP contribution in [0.2, 0.25) is 5.02 Å². The molecule has 0 bridgehead atoms. The van der Waals surface area contributed by atoms with Gasteiger partial charge in [-0.3, -0.25) is 4.79 Å². The van der Waals surface area contributed by atoms with Crippen LogP contribution in [0.5, 0.6) is 0 Å². The number of nitrogens with zero attached hydrogens (tertiary/aromatic N) is 1. The Balaban J connectivity index is 1.96. The zero-order chi connectivity index (χ0) is 17.4. The van der Waals surface area contributed by atoms with Crippen LogP contribution in [-0.4, -0.2) is 31.0 Å². The number of unbranched alkanes of at least 4 members (excludes halogenated alkanes) is 3. The van der Waals surface area contributed by atoms with Crippen LogP contribution in [-0.2, 0) is 9.53 Å². The normalized spacial score (nSPS) is 17.6. The lowest BCUT2D eigenvalue weighted by atomic mass is 9.97. The van der Waals surface area contributed by atoms with E-state index in [4.69, 9.17) is 16.3 Å². The van der Waals surface area contributed by atoms with E-state index in [1.54, 1.807) is 0 Å². The average molecular weight is 352 g/mol. The predicted octanol–water partition coefficient (Wildman–Crippen LogP) is 5.24. The Labute approximate surface area is 151 Å². The first-order valence-corrected chi connectivity index (χ1v) is 9.62. The number of carbonyl (C=O) groups excluding carboxylic acids is 1. The van der Waals surface area contributed by atoms with Gasteiger partial charge in [0.25, 0.3) is 0 Å². The standard InChI is InChI=1S/C20H30ClNO2/c1-3-4-5-6-7-19(16-8-10-18(21)11-9-16)24-20(23)17-12-14-22(2)15-13-17/h8-11,17,19H,3-7,12-15H2,1-2H3. The van der Waals surface area contributed by atoms with E-state index >= 15 is 0 Å². The molecule has 1 aliphatic heterocycles. The molecule has 1 aliphatic rings. The van der Waals surface area contributed by atoms with Gasteiger partial charge in [-0.05, 0) is 63.5 Å². The third-order valence-corrected chi connectivity index (χ3v) is 5.12. The fourth-order valence-corrected chi connectivity index (χ4v) is 3.33. The van der Waals surface area contributed by atoms with E-state index in [1.807, 2.05) is 24.3 Å². The van der Waals surface area contributed by atoms with Crippen molar-refractivity contribution in [1.29, 1.82) is 0 Å². The van der Waals surface area contributed by atoms with Crippen LogP contribution >= 0.6 is 11.6 Å². The molecular weight excluding hydrogens is 322 g/mol. The summed E-state index contributed by atoms with van der Waals surface area (Å²) in [5, 5.41) is 0.713. The summed E-state index contributed by atoms with van der Waals surface area (Å²) in [5.41, 5.74) is 1.05. The Kier molecular flexibility index (Phi) is 8.07. The van der Waals surface area contributed by atoms with Crippen LogP contribution in [0.1, 0.15) is 63.5 Å². The molecule has 0 amide bonds. The zero-order valence-corrected chi connectivity index (χ0v) is 15.7. The lowest BCUT2D eigenvalue weighted by Crippen LogP contribution is -2.34. The molecule has 0 aromatic heterocycles. The minimum Gasteiger partial charge on any atom is -0.457 e. The number of carbonyl (C=O) groups is 1. The summed E-state index contributed by atoms with van der Waals surface area (Å²) >= 11 is 5.99. The maximum absolute atomic E-state index is 12.6. The summed E-state index contributed by atoms with van der Waals surface area (Å²) in [6.45, 7) is 4.15. The van der Waals surface area contributed by atoms with Gasteiger partial charge in [-0.25, -0.2) is 0 Å². The molecule has 1 aromatic rings. The summed E-state index contributed by atoms with van der Waals surface area (Å²) < 4.78 is 5.93. The summed E-state index contributed by atoms with van der Waals surface area (Å²) in [6.07, 6.45) is 7.26. The number of ether oxygens (including phenoxy) is 1. The highest BCUT2D eigenvalue weighted by Crippen LogP contribution is 2.28. The molecule has 1 fully saturated rings. The number of halogens is 1. The van der Waals surface area contributed by atoms with Crippen molar-refractivity contribution in [2.45, 2.75) is 58.0 Å². The molecular formula is C20H30ClNO2. The molecule has 134 valence electrons. The second-order valence-electron chi connectivity index (χ2n) is 6.90. The first-order chi connectivity index (χ1) is 11.6. The monoisotopic (exact) mass is 351 g/mol. The van der Waals surface area contributed by atoms with Crippen LogP contribution in [0, 0.1) is 5.92 Å². The maximum atomic E-state index is 12.6. The van der Waals surface area contributed by atoms with Crippen LogP contribution in [0.4, 0.5) is 0 Å². The largest absolute Gasteiger partial charge is 0.457 e. The van der Waals surface area contributed by atoms with Gasteiger partial charge in [-0.2, -0.15) is 0 Å². The molecule has 4 heteroatoms. The first kappa shape index (κ1) is 19.3. The van der Waals surface area contributed by atoms with Gasteiger partial charge in [-0.15, -0.1) is 0 Å². The molecule has 2 rings (SSSR count). The third kappa shape index (κ3) is 6.10. The van der Waals surface area contributed by atoms with Gasteiger partial charge in [0.15, 0.2) is 0 Å². The molecule has 24 heavy (non-hydrogen) atoms. The van der Waals surface area contributed by atoms with E-state index in [9.17, 15) is 4.79 Å². The smallest absolute Gasteiger partial charge is 0.309 e. The highest BCUT2D eigenvalue weighted by Gasteiger charge is 2.27. The predicted molar refractivity (Wildman–Crippen MR) is 99.3 cm³/mol. The van der Waals surface area contributed by atoms with Crippen molar-refractivity contribution in [1.82, 2.24) is 4.90 Å². The second-order valence-corrected chi connectivity index (χ2v) is 7.34. The van der Waals surface area contributed by atoms with E-state index < -0.39 is 0 Å². The number of rotatable bonds is 8. The summed E-state index contributed by atoms with van der Waals surface area (Å²) in [7, 11) is 2.10. The van der Waals surface area contributed by atoms with Crippen LogP contribution < -0.4 is 0 Å². The fraction of sp³-hybridized carbons (Fsp3) is 0.650. The topological polar surface area (TPSA) is 29.5 Å². The molecule has 0 spiro atoms. The van der Waals surface area contributed by atoms with Gasteiger partial charge < -0.3 is 9.64 Å². The number of esters is 1. The molecule has 0 saturated carbocycles. The zero-order valence-electron chi connectivity index (χ0n) is 15.0. The molecule has 1 heterocycles. The van der Waals surface area contributed by atoms with Crippen molar-refractivity contribution in [2.75, 3.05) is 20.1 Å². The van der Waals surface area contributed by atoms with E-state index in [0.717, 1.165) is 44.3 Å². The minimum atomic E-state index is -0.147. The summed E-state index contributed by atoms with van der Waals surface area (Å²) in [6, 6.07) is 7.71. The molecule has 0 N–H and O–H groups in total. The lowest BCUT2D eigenvalue weighted by molar-refractivity contribution is -0.156. The Morgan fingerprint density at radius 3 is 2.50 bits per heavy atom. The molecule has 0 radical (unpaired) electrons. The van der Waals surface area contributed by atoms with Gasteiger partial charge >= 0.3 is 5.97 Å². The van der Waals surface area contributed by atoms with Crippen LogP contribution in [0.15, 0.2) is 24.3 Å². The average Bonchev–Trinajstić information content (AvgIpc) is 2.59. The number of hydrogen-bond acceptors (Lipinski definition) is 3. The Morgan fingerprint density at radius 2 is 1.88 bits per heavy atom. The highest BCUT2D eigenvalue weighted by molar-refractivity contribution is 6.30. The van der Waals surface area contributed by atoms with Crippen molar-refractivity contribution in [3.05, 3.63) is 34.9 Å². The number of likely N-dealkylation sites (tertiary alicyclic amines) is 1. The molecule has 1 unspecified atom stereocenters. The van der Waals surface area contributed by atoms with E-state index in [-0.39, 0.29) is 18.0 Å². The fourth-order valence-electron chi connectivity index (χ4n) is 3.21. The number of piperidine rings is 1. The van der Waals surface area contributed by atoms with Gasteiger partial charge in [0.2, 0.25) is 0 Å². The molecule has 0 aliphatic carbocycles.